The van der Waals surface area contributed by atoms with Gasteiger partial charge in [-0.3, -0.25) is 4.79 Å². The summed E-state index contributed by atoms with van der Waals surface area (Å²) in [6.45, 7) is 8.33. The van der Waals surface area contributed by atoms with E-state index in [9.17, 15) is 4.79 Å². The summed E-state index contributed by atoms with van der Waals surface area (Å²) in [6.07, 6.45) is 2.56. The van der Waals surface area contributed by atoms with Crippen molar-refractivity contribution in [3.8, 4) is 0 Å². The molecular weight excluding hydrogens is 288 g/mol. The summed E-state index contributed by atoms with van der Waals surface area (Å²) in [7, 11) is 0. The lowest BCUT2D eigenvalue weighted by Gasteiger charge is -2.14. The summed E-state index contributed by atoms with van der Waals surface area (Å²) < 4.78 is 0. The van der Waals surface area contributed by atoms with Gasteiger partial charge in [-0.15, -0.1) is 0 Å². The Morgan fingerprint density at radius 1 is 1.17 bits per heavy atom. The van der Waals surface area contributed by atoms with Crippen molar-refractivity contribution in [3.05, 3.63) is 47.8 Å². The molecule has 1 atom stereocenters. The number of anilines is 2. The fourth-order valence-electron chi connectivity index (χ4n) is 2.18. The van der Waals surface area contributed by atoms with Crippen molar-refractivity contribution in [2.45, 2.75) is 46.1 Å². The van der Waals surface area contributed by atoms with E-state index in [1.54, 1.807) is 12.3 Å². The van der Waals surface area contributed by atoms with E-state index in [4.69, 9.17) is 0 Å². The van der Waals surface area contributed by atoms with Crippen molar-refractivity contribution >= 4 is 17.5 Å². The largest absolute Gasteiger partial charge is 0.352 e. The predicted octanol–water partition coefficient (Wildman–Crippen LogP) is 4.06. The molecule has 23 heavy (non-hydrogen) atoms. The van der Waals surface area contributed by atoms with Gasteiger partial charge in [0.25, 0.3) is 5.91 Å². The maximum absolute atomic E-state index is 12.5. The fraction of sp³-hybridized carbons (Fsp3) is 0.389. The molecule has 0 saturated carbocycles. The van der Waals surface area contributed by atoms with Crippen LogP contribution in [0.2, 0.25) is 0 Å². The van der Waals surface area contributed by atoms with Crippen molar-refractivity contribution in [2.24, 2.45) is 0 Å². The zero-order valence-electron chi connectivity index (χ0n) is 14.1. The number of amides is 1. The fourth-order valence-corrected chi connectivity index (χ4v) is 2.18. The van der Waals surface area contributed by atoms with Crippen LogP contribution in [0.5, 0.6) is 0 Å². The molecule has 0 bridgehead atoms. The minimum atomic E-state index is -0.229. The Morgan fingerprint density at radius 3 is 2.61 bits per heavy atom. The molecule has 122 valence electrons. The van der Waals surface area contributed by atoms with Crippen LogP contribution >= 0.6 is 0 Å². The van der Waals surface area contributed by atoms with Gasteiger partial charge in [-0.25, -0.2) is 9.97 Å². The Kier molecular flexibility index (Phi) is 5.68. The van der Waals surface area contributed by atoms with Crippen molar-refractivity contribution in [1.29, 1.82) is 0 Å². The van der Waals surface area contributed by atoms with E-state index in [-0.39, 0.29) is 11.9 Å². The number of hydrogen-bond donors (Lipinski definition) is 2. The van der Waals surface area contributed by atoms with Gasteiger partial charge < -0.3 is 10.6 Å². The quantitative estimate of drug-likeness (QED) is 0.844. The third kappa shape index (κ3) is 4.52. The Labute approximate surface area is 137 Å². The third-order valence-corrected chi connectivity index (χ3v) is 3.71. The minimum Gasteiger partial charge on any atom is -0.352 e. The summed E-state index contributed by atoms with van der Waals surface area (Å²) in [5, 5.41) is 6.12. The number of para-hydroxylation sites is 1. The average molecular weight is 312 g/mol. The van der Waals surface area contributed by atoms with Crippen LogP contribution < -0.4 is 10.6 Å². The van der Waals surface area contributed by atoms with Crippen molar-refractivity contribution in [1.82, 2.24) is 9.97 Å². The zero-order chi connectivity index (χ0) is 16.8. The first kappa shape index (κ1) is 16.9. The molecule has 0 fully saturated rings. The Hall–Kier alpha value is -2.43. The molecule has 2 N–H and O–H groups in total. The number of rotatable bonds is 6. The normalized spacial score (nSPS) is 12.0. The van der Waals surface area contributed by atoms with E-state index in [2.05, 4.69) is 48.3 Å². The second kappa shape index (κ2) is 7.72. The molecule has 5 nitrogen and oxygen atoms in total. The van der Waals surface area contributed by atoms with Gasteiger partial charge in [0, 0.05) is 17.9 Å². The molecular formula is C18H24N4O. The highest BCUT2D eigenvalue weighted by Crippen LogP contribution is 2.24. The second-order valence-corrected chi connectivity index (χ2v) is 5.92. The van der Waals surface area contributed by atoms with Crippen LogP contribution in [0.3, 0.4) is 0 Å². The molecule has 0 spiro atoms. The van der Waals surface area contributed by atoms with E-state index < -0.39 is 0 Å². The Bertz CT molecular complexity index is 670. The molecule has 1 aromatic heterocycles. The van der Waals surface area contributed by atoms with Gasteiger partial charge in [0.1, 0.15) is 5.69 Å². The summed E-state index contributed by atoms with van der Waals surface area (Å²) in [6, 6.07) is 9.70. The highest BCUT2D eigenvalue weighted by molar-refractivity contribution is 6.03. The SMILES string of the molecule is CCC(C)Nc1nccc(C(=O)Nc2ccccc2C(C)C)n1. The third-order valence-electron chi connectivity index (χ3n) is 3.71. The van der Waals surface area contributed by atoms with E-state index in [1.165, 1.54) is 0 Å². The van der Waals surface area contributed by atoms with Crippen LogP contribution in [0.4, 0.5) is 11.6 Å². The predicted molar refractivity (Wildman–Crippen MR) is 93.9 cm³/mol. The van der Waals surface area contributed by atoms with Crippen LogP contribution in [0, 0.1) is 0 Å². The van der Waals surface area contributed by atoms with Crippen LogP contribution in [0.1, 0.15) is 56.1 Å². The summed E-state index contributed by atoms with van der Waals surface area (Å²) in [4.78, 5) is 20.9. The number of carbonyl (C=O) groups excluding carboxylic acids is 1. The number of nitrogens with zero attached hydrogens (tertiary/aromatic N) is 2. The summed E-state index contributed by atoms with van der Waals surface area (Å²) in [5.74, 6) is 0.580. The molecule has 1 aromatic carbocycles. The highest BCUT2D eigenvalue weighted by Gasteiger charge is 2.13. The molecule has 0 saturated heterocycles. The highest BCUT2D eigenvalue weighted by atomic mass is 16.1. The molecule has 0 aliphatic rings. The van der Waals surface area contributed by atoms with E-state index in [0.29, 0.717) is 17.6 Å². The lowest BCUT2D eigenvalue weighted by atomic mass is 10.0. The van der Waals surface area contributed by atoms with Crippen LogP contribution in [0.15, 0.2) is 36.5 Å². The monoisotopic (exact) mass is 312 g/mol. The van der Waals surface area contributed by atoms with Crippen LogP contribution in [0.25, 0.3) is 0 Å². The average Bonchev–Trinajstić information content (AvgIpc) is 2.55. The Morgan fingerprint density at radius 2 is 1.91 bits per heavy atom. The van der Waals surface area contributed by atoms with Gasteiger partial charge in [0.15, 0.2) is 0 Å². The molecule has 0 radical (unpaired) electrons. The van der Waals surface area contributed by atoms with Gasteiger partial charge in [-0.05, 0) is 37.0 Å². The first-order chi connectivity index (χ1) is 11.0. The van der Waals surface area contributed by atoms with Gasteiger partial charge in [-0.2, -0.15) is 0 Å². The Balaban J connectivity index is 2.17. The van der Waals surface area contributed by atoms with Gasteiger partial charge in [-0.1, -0.05) is 39.0 Å². The lowest BCUT2D eigenvalue weighted by molar-refractivity contribution is 0.102. The van der Waals surface area contributed by atoms with Crippen molar-refractivity contribution in [2.75, 3.05) is 10.6 Å². The van der Waals surface area contributed by atoms with Gasteiger partial charge in [0.2, 0.25) is 5.95 Å². The number of hydrogen-bond acceptors (Lipinski definition) is 4. The maximum Gasteiger partial charge on any atom is 0.274 e. The number of benzene rings is 1. The number of carbonyl (C=O) groups is 1. The number of nitrogens with one attached hydrogen (secondary N) is 2. The smallest absolute Gasteiger partial charge is 0.274 e. The van der Waals surface area contributed by atoms with E-state index in [1.807, 2.05) is 24.3 Å². The molecule has 1 amide bonds. The van der Waals surface area contributed by atoms with Crippen LogP contribution in [-0.4, -0.2) is 21.9 Å². The molecule has 2 rings (SSSR count). The maximum atomic E-state index is 12.5. The summed E-state index contributed by atoms with van der Waals surface area (Å²) in [5.41, 5.74) is 2.28. The van der Waals surface area contributed by atoms with Gasteiger partial charge >= 0.3 is 0 Å². The lowest BCUT2D eigenvalue weighted by Crippen LogP contribution is -2.19. The topological polar surface area (TPSA) is 66.9 Å². The second-order valence-electron chi connectivity index (χ2n) is 5.92. The zero-order valence-corrected chi connectivity index (χ0v) is 14.1. The molecule has 1 unspecified atom stereocenters. The molecule has 0 aliphatic carbocycles. The standard InChI is InChI=1S/C18H24N4O/c1-5-13(4)20-18-19-11-10-16(22-18)17(23)21-15-9-7-6-8-14(15)12(2)3/h6-13H,5H2,1-4H3,(H,21,23)(H,19,20,22). The molecule has 1 heterocycles. The van der Waals surface area contributed by atoms with E-state index >= 15 is 0 Å². The minimum absolute atomic E-state index is 0.229. The van der Waals surface area contributed by atoms with Crippen LogP contribution in [-0.2, 0) is 0 Å². The molecule has 2 aromatic rings. The van der Waals surface area contributed by atoms with Gasteiger partial charge in [0.05, 0.1) is 0 Å². The number of aromatic nitrogens is 2. The first-order valence-corrected chi connectivity index (χ1v) is 8.01. The molecule has 0 aliphatic heterocycles. The van der Waals surface area contributed by atoms with E-state index in [0.717, 1.165) is 17.7 Å². The first-order valence-electron chi connectivity index (χ1n) is 8.01. The molecule has 5 heteroatoms. The summed E-state index contributed by atoms with van der Waals surface area (Å²) >= 11 is 0. The van der Waals surface area contributed by atoms with Crippen molar-refractivity contribution < 1.29 is 4.79 Å². The van der Waals surface area contributed by atoms with Crippen molar-refractivity contribution in [3.63, 3.8) is 0 Å².